The molecule has 162 valence electrons. The van der Waals surface area contributed by atoms with Crippen molar-refractivity contribution in [3.63, 3.8) is 0 Å². The third kappa shape index (κ3) is 7.92. The Morgan fingerprint density at radius 2 is 1.97 bits per heavy atom. The molecule has 1 aromatic rings. The maximum Gasteiger partial charge on any atom is 0.411 e. The van der Waals surface area contributed by atoms with Gasteiger partial charge in [0.2, 0.25) is 0 Å². The summed E-state index contributed by atoms with van der Waals surface area (Å²) in [6, 6.07) is 7.16. The lowest BCUT2D eigenvalue weighted by molar-refractivity contribution is -0.176. The Morgan fingerprint density at radius 3 is 2.59 bits per heavy atom. The number of hydrogen-bond acceptors (Lipinski definition) is 4. The van der Waals surface area contributed by atoms with Gasteiger partial charge in [-0.15, -0.1) is 0 Å². The van der Waals surface area contributed by atoms with Gasteiger partial charge in [0.15, 0.2) is 5.96 Å². The average molecular weight is 415 g/mol. The van der Waals surface area contributed by atoms with Gasteiger partial charge in [0, 0.05) is 26.7 Å². The Kier molecular flexibility index (Phi) is 8.75. The second kappa shape index (κ2) is 11.0. The Bertz CT molecular complexity index is 678. The van der Waals surface area contributed by atoms with Crippen molar-refractivity contribution in [3.05, 3.63) is 35.4 Å². The predicted molar refractivity (Wildman–Crippen MR) is 103 cm³/mol. The minimum absolute atomic E-state index is 0.0854. The molecule has 1 aliphatic heterocycles. The second-order valence-electron chi connectivity index (χ2n) is 6.86. The van der Waals surface area contributed by atoms with Gasteiger partial charge in [-0.1, -0.05) is 24.3 Å². The van der Waals surface area contributed by atoms with Crippen molar-refractivity contribution in [1.29, 1.82) is 0 Å². The van der Waals surface area contributed by atoms with Gasteiger partial charge >= 0.3 is 12.1 Å². The standard InChI is InChI=1S/C20H28F3N3O3/c1-3-29-18(27)17-5-4-10-26(12-17)19(24-2)25-11-15-6-8-16(9-7-15)13-28-14-20(21,22)23/h6-9,17H,3-5,10-14H2,1-2H3,(H,24,25). The van der Waals surface area contributed by atoms with Crippen molar-refractivity contribution < 1.29 is 27.4 Å². The van der Waals surface area contributed by atoms with Crippen LogP contribution in [0.15, 0.2) is 29.3 Å². The molecule has 1 aliphatic rings. The first-order chi connectivity index (χ1) is 13.8. The number of guanidine groups is 1. The average Bonchev–Trinajstić information content (AvgIpc) is 2.69. The molecule has 29 heavy (non-hydrogen) atoms. The summed E-state index contributed by atoms with van der Waals surface area (Å²) in [6.45, 7) is 2.72. The van der Waals surface area contributed by atoms with E-state index in [4.69, 9.17) is 4.74 Å². The summed E-state index contributed by atoms with van der Waals surface area (Å²) in [7, 11) is 1.69. The van der Waals surface area contributed by atoms with E-state index < -0.39 is 12.8 Å². The SMILES string of the molecule is CCOC(=O)C1CCCN(C(=NC)NCc2ccc(COCC(F)(F)F)cc2)C1. The molecule has 1 N–H and O–H groups in total. The van der Waals surface area contributed by atoms with Gasteiger partial charge in [0.05, 0.1) is 19.1 Å². The Morgan fingerprint density at radius 1 is 1.28 bits per heavy atom. The smallest absolute Gasteiger partial charge is 0.411 e. The van der Waals surface area contributed by atoms with Crippen LogP contribution < -0.4 is 5.32 Å². The van der Waals surface area contributed by atoms with Crippen molar-refractivity contribution in [2.24, 2.45) is 10.9 Å². The molecule has 1 heterocycles. The van der Waals surface area contributed by atoms with Crippen LogP contribution in [0.4, 0.5) is 13.2 Å². The highest BCUT2D eigenvalue weighted by atomic mass is 19.4. The van der Waals surface area contributed by atoms with Crippen LogP contribution in [-0.2, 0) is 27.4 Å². The van der Waals surface area contributed by atoms with Crippen molar-refractivity contribution in [2.45, 2.75) is 39.1 Å². The molecular formula is C20H28F3N3O3. The van der Waals surface area contributed by atoms with Crippen LogP contribution >= 0.6 is 0 Å². The fourth-order valence-electron chi connectivity index (χ4n) is 3.17. The molecule has 0 spiro atoms. The number of nitrogens with zero attached hydrogens (tertiary/aromatic N) is 2. The number of piperidine rings is 1. The van der Waals surface area contributed by atoms with Gasteiger partial charge in [0.25, 0.3) is 0 Å². The molecule has 1 aromatic carbocycles. The molecule has 1 atom stereocenters. The van der Waals surface area contributed by atoms with Gasteiger partial charge in [0.1, 0.15) is 6.61 Å². The number of alkyl halides is 3. The van der Waals surface area contributed by atoms with E-state index in [0.717, 1.165) is 24.9 Å². The van der Waals surface area contributed by atoms with Crippen molar-refractivity contribution in [3.8, 4) is 0 Å². The zero-order valence-corrected chi connectivity index (χ0v) is 16.8. The van der Waals surface area contributed by atoms with Gasteiger partial charge in [-0.2, -0.15) is 13.2 Å². The minimum Gasteiger partial charge on any atom is -0.466 e. The van der Waals surface area contributed by atoms with Crippen LogP contribution in [0.2, 0.25) is 0 Å². The number of halogens is 3. The van der Waals surface area contributed by atoms with Gasteiger partial charge in [-0.05, 0) is 30.9 Å². The zero-order valence-electron chi connectivity index (χ0n) is 16.8. The van der Waals surface area contributed by atoms with E-state index >= 15 is 0 Å². The molecule has 2 rings (SSSR count). The Balaban J connectivity index is 1.83. The summed E-state index contributed by atoms with van der Waals surface area (Å²) < 4.78 is 46.1. The molecule has 9 heteroatoms. The van der Waals surface area contributed by atoms with Crippen LogP contribution in [-0.4, -0.2) is 56.4 Å². The molecule has 0 aliphatic carbocycles. The number of hydrogen-bond donors (Lipinski definition) is 1. The summed E-state index contributed by atoms with van der Waals surface area (Å²) >= 11 is 0. The molecule has 0 amide bonds. The number of ether oxygens (including phenoxy) is 2. The molecule has 1 saturated heterocycles. The summed E-state index contributed by atoms with van der Waals surface area (Å²) in [5, 5.41) is 3.27. The van der Waals surface area contributed by atoms with Gasteiger partial charge in [-0.3, -0.25) is 9.79 Å². The highest BCUT2D eigenvalue weighted by Crippen LogP contribution is 2.18. The van der Waals surface area contributed by atoms with Crippen molar-refractivity contribution >= 4 is 11.9 Å². The number of carbonyl (C=O) groups is 1. The van der Waals surface area contributed by atoms with E-state index in [-0.39, 0.29) is 18.5 Å². The normalized spacial score (nSPS) is 17.9. The summed E-state index contributed by atoms with van der Waals surface area (Å²) in [5.41, 5.74) is 1.64. The highest BCUT2D eigenvalue weighted by molar-refractivity contribution is 5.81. The third-order valence-corrected chi connectivity index (χ3v) is 4.56. The van der Waals surface area contributed by atoms with Crippen molar-refractivity contribution in [1.82, 2.24) is 10.2 Å². The quantitative estimate of drug-likeness (QED) is 0.421. The number of rotatable bonds is 7. The van der Waals surface area contributed by atoms with Gasteiger partial charge < -0.3 is 19.7 Å². The summed E-state index contributed by atoms with van der Waals surface area (Å²) in [5.74, 6) is 0.380. The van der Waals surface area contributed by atoms with Crippen LogP contribution in [0, 0.1) is 5.92 Å². The van der Waals surface area contributed by atoms with E-state index in [2.05, 4.69) is 15.0 Å². The number of carbonyl (C=O) groups excluding carboxylic acids is 1. The molecule has 1 unspecified atom stereocenters. The fraction of sp³-hybridized carbons (Fsp3) is 0.600. The number of esters is 1. The fourth-order valence-corrected chi connectivity index (χ4v) is 3.17. The summed E-state index contributed by atoms with van der Waals surface area (Å²) in [4.78, 5) is 18.4. The molecular weight excluding hydrogens is 387 g/mol. The maximum absolute atomic E-state index is 12.1. The maximum atomic E-state index is 12.1. The van der Waals surface area contributed by atoms with E-state index in [0.29, 0.717) is 31.2 Å². The third-order valence-electron chi connectivity index (χ3n) is 4.56. The Hall–Kier alpha value is -2.29. The highest BCUT2D eigenvalue weighted by Gasteiger charge is 2.28. The molecule has 1 fully saturated rings. The first-order valence-corrected chi connectivity index (χ1v) is 9.67. The molecule has 0 aromatic heterocycles. The number of aliphatic imine (C=N–C) groups is 1. The van der Waals surface area contributed by atoms with Crippen molar-refractivity contribution in [2.75, 3.05) is 33.4 Å². The molecule has 6 nitrogen and oxygen atoms in total. The first-order valence-electron chi connectivity index (χ1n) is 9.67. The van der Waals surface area contributed by atoms with Crippen LogP contribution in [0.1, 0.15) is 30.9 Å². The van der Waals surface area contributed by atoms with Crippen LogP contribution in [0.5, 0.6) is 0 Å². The molecule has 0 saturated carbocycles. The molecule has 0 radical (unpaired) electrons. The minimum atomic E-state index is -4.32. The first kappa shape index (κ1) is 23.0. The Labute approximate surface area is 169 Å². The summed E-state index contributed by atoms with van der Waals surface area (Å²) in [6.07, 6.45) is -2.62. The lowest BCUT2D eigenvalue weighted by Gasteiger charge is -2.34. The number of likely N-dealkylation sites (tertiary alicyclic amines) is 1. The predicted octanol–water partition coefficient (Wildman–Crippen LogP) is 3.12. The van der Waals surface area contributed by atoms with E-state index in [9.17, 15) is 18.0 Å². The lowest BCUT2D eigenvalue weighted by atomic mass is 9.98. The molecule has 0 bridgehead atoms. The zero-order chi connectivity index (χ0) is 21.3. The van der Waals surface area contributed by atoms with Gasteiger partial charge in [-0.25, -0.2) is 0 Å². The number of benzene rings is 1. The monoisotopic (exact) mass is 415 g/mol. The largest absolute Gasteiger partial charge is 0.466 e. The topological polar surface area (TPSA) is 63.2 Å². The van der Waals surface area contributed by atoms with E-state index in [1.165, 1.54) is 0 Å². The van der Waals surface area contributed by atoms with E-state index in [1.807, 2.05) is 17.0 Å². The van der Waals surface area contributed by atoms with Crippen LogP contribution in [0.25, 0.3) is 0 Å². The van der Waals surface area contributed by atoms with Crippen LogP contribution in [0.3, 0.4) is 0 Å². The number of nitrogens with one attached hydrogen (secondary N) is 1. The lowest BCUT2D eigenvalue weighted by Crippen LogP contribution is -2.48. The van der Waals surface area contributed by atoms with E-state index in [1.54, 1.807) is 26.1 Å². The second-order valence-corrected chi connectivity index (χ2v) is 6.86.